The van der Waals surface area contributed by atoms with Gasteiger partial charge in [-0.3, -0.25) is 0 Å². The van der Waals surface area contributed by atoms with Gasteiger partial charge < -0.3 is 14.6 Å². The average molecular weight is 307 g/mol. The normalized spacial score (nSPS) is 21.8. The Bertz CT molecular complexity index is 490. The van der Waals surface area contributed by atoms with Crippen molar-refractivity contribution in [1.29, 1.82) is 0 Å². The van der Waals surface area contributed by atoms with Crippen molar-refractivity contribution in [3.63, 3.8) is 0 Å². The summed E-state index contributed by atoms with van der Waals surface area (Å²) in [5.74, 6) is 1.56. The number of carbonyl (C=O) groups excluding carboxylic acids is 1. The van der Waals surface area contributed by atoms with Crippen molar-refractivity contribution in [2.24, 2.45) is 11.8 Å². The Hall–Kier alpha value is -1.52. The molecule has 2 rings (SSSR count). The van der Waals surface area contributed by atoms with Gasteiger partial charge in [0.15, 0.2) is 0 Å². The van der Waals surface area contributed by atoms with Crippen molar-refractivity contribution in [3.8, 4) is 0 Å². The number of rotatable bonds is 5. The molecule has 0 radical (unpaired) electrons. The fourth-order valence-corrected chi connectivity index (χ4v) is 3.07. The smallest absolute Gasteiger partial charge is 0.407 e. The van der Waals surface area contributed by atoms with Gasteiger partial charge in [-0.05, 0) is 39.0 Å². The standard InChI is InChI=1S/C17H29N3O2/c1-13-6-5-7-14(13)11-20-12-18-10-15(20)8-9-19-16(21)22-17(2,3)4/h10,12-14H,5-9,11H2,1-4H3,(H,19,21). The van der Waals surface area contributed by atoms with Gasteiger partial charge in [0.25, 0.3) is 0 Å². The van der Waals surface area contributed by atoms with Crippen LogP contribution in [0.15, 0.2) is 12.5 Å². The minimum absolute atomic E-state index is 0.358. The molecule has 0 aliphatic heterocycles. The van der Waals surface area contributed by atoms with Crippen molar-refractivity contribution in [3.05, 3.63) is 18.2 Å². The van der Waals surface area contributed by atoms with Crippen LogP contribution in [0, 0.1) is 11.8 Å². The number of nitrogens with one attached hydrogen (secondary N) is 1. The topological polar surface area (TPSA) is 56.2 Å². The molecule has 1 N–H and O–H groups in total. The Kier molecular flexibility index (Phi) is 5.48. The summed E-state index contributed by atoms with van der Waals surface area (Å²) >= 11 is 0. The van der Waals surface area contributed by atoms with Crippen LogP contribution in [0.25, 0.3) is 0 Å². The van der Waals surface area contributed by atoms with Crippen molar-refractivity contribution in [1.82, 2.24) is 14.9 Å². The van der Waals surface area contributed by atoms with E-state index in [0.29, 0.717) is 6.54 Å². The van der Waals surface area contributed by atoms with Crippen LogP contribution < -0.4 is 5.32 Å². The molecule has 22 heavy (non-hydrogen) atoms. The van der Waals surface area contributed by atoms with Crippen LogP contribution in [-0.4, -0.2) is 27.8 Å². The Morgan fingerprint density at radius 3 is 2.86 bits per heavy atom. The zero-order valence-electron chi connectivity index (χ0n) is 14.3. The van der Waals surface area contributed by atoms with Crippen LogP contribution in [0.3, 0.4) is 0 Å². The lowest BCUT2D eigenvalue weighted by molar-refractivity contribution is 0.0528. The first-order valence-corrected chi connectivity index (χ1v) is 8.31. The highest BCUT2D eigenvalue weighted by Gasteiger charge is 2.24. The Morgan fingerprint density at radius 1 is 1.45 bits per heavy atom. The van der Waals surface area contributed by atoms with E-state index in [0.717, 1.165) is 24.8 Å². The second kappa shape index (κ2) is 7.16. The molecule has 124 valence electrons. The molecule has 5 nitrogen and oxygen atoms in total. The first-order chi connectivity index (χ1) is 10.3. The zero-order chi connectivity index (χ0) is 16.2. The lowest BCUT2D eigenvalue weighted by Crippen LogP contribution is -2.33. The van der Waals surface area contributed by atoms with Crippen molar-refractivity contribution in [2.75, 3.05) is 6.54 Å². The Labute approximate surface area is 133 Å². The lowest BCUT2D eigenvalue weighted by atomic mass is 9.98. The van der Waals surface area contributed by atoms with Gasteiger partial charge in [0.2, 0.25) is 0 Å². The van der Waals surface area contributed by atoms with Gasteiger partial charge in [-0.25, -0.2) is 9.78 Å². The number of nitrogens with zero attached hydrogens (tertiary/aromatic N) is 2. The van der Waals surface area contributed by atoms with Crippen LogP contribution in [0.4, 0.5) is 4.79 Å². The highest BCUT2D eigenvalue weighted by atomic mass is 16.6. The molecule has 0 bridgehead atoms. The molecule has 1 aliphatic carbocycles. The fourth-order valence-electron chi connectivity index (χ4n) is 3.07. The van der Waals surface area contributed by atoms with E-state index in [1.54, 1.807) is 0 Å². The predicted molar refractivity (Wildman–Crippen MR) is 86.7 cm³/mol. The number of carbonyl (C=O) groups is 1. The molecule has 1 saturated carbocycles. The van der Waals surface area contributed by atoms with Crippen LogP contribution in [-0.2, 0) is 17.7 Å². The summed E-state index contributed by atoms with van der Waals surface area (Å²) in [7, 11) is 0. The Morgan fingerprint density at radius 2 is 2.23 bits per heavy atom. The number of amides is 1. The van der Waals surface area contributed by atoms with Crippen LogP contribution in [0.2, 0.25) is 0 Å². The molecule has 5 heteroatoms. The summed E-state index contributed by atoms with van der Waals surface area (Å²) in [6, 6.07) is 0. The van der Waals surface area contributed by atoms with Gasteiger partial charge in [-0.2, -0.15) is 0 Å². The van der Waals surface area contributed by atoms with E-state index in [1.807, 2.05) is 33.3 Å². The predicted octanol–water partition coefficient (Wildman–Crippen LogP) is 3.39. The third-order valence-electron chi connectivity index (χ3n) is 4.32. The van der Waals surface area contributed by atoms with E-state index in [1.165, 1.54) is 25.0 Å². The summed E-state index contributed by atoms with van der Waals surface area (Å²) in [6.07, 6.45) is 8.23. The first-order valence-electron chi connectivity index (χ1n) is 8.31. The van der Waals surface area contributed by atoms with Crippen LogP contribution >= 0.6 is 0 Å². The lowest BCUT2D eigenvalue weighted by Gasteiger charge is -2.20. The number of imidazole rings is 1. The van der Waals surface area contributed by atoms with Crippen LogP contribution in [0.1, 0.15) is 52.7 Å². The van der Waals surface area contributed by atoms with E-state index >= 15 is 0 Å². The maximum absolute atomic E-state index is 11.6. The molecular formula is C17H29N3O2. The molecular weight excluding hydrogens is 278 g/mol. The van der Waals surface area contributed by atoms with Gasteiger partial charge in [0.05, 0.1) is 6.33 Å². The summed E-state index contributed by atoms with van der Waals surface area (Å²) in [5, 5.41) is 2.80. The molecule has 2 unspecified atom stereocenters. The first kappa shape index (κ1) is 16.8. The van der Waals surface area contributed by atoms with E-state index in [9.17, 15) is 4.79 Å². The summed E-state index contributed by atoms with van der Waals surface area (Å²) in [5.41, 5.74) is 0.722. The SMILES string of the molecule is CC1CCCC1Cn1cncc1CCNC(=O)OC(C)(C)C. The van der Waals surface area contributed by atoms with E-state index < -0.39 is 5.60 Å². The fraction of sp³-hybridized carbons (Fsp3) is 0.765. The quantitative estimate of drug-likeness (QED) is 0.907. The van der Waals surface area contributed by atoms with Gasteiger partial charge in [-0.15, -0.1) is 0 Å². The number of aromatic nitrogens is 2. The maximum atomic E-state index is 11.6. The number of ether oxygens (including phenoxy) is 1. The minimum atomic E-state index is -0.454. The summed E-state index contributed by atoms with van der Waals surface area (Å²) in [6.45, 7) is 9.56. The Balaban J connectivity index is 1.79. The van der Waals surface area contributed by atoms with Gasteiger partial charge in [0.1, 0.15) is 5.60 Å². The molecule has 1 heterocycles. The molecule has 0 aromatic carbocycles. The summed E-state index contributed by atoms with van der Waals surface area (Å²) < 4.78 is 7.48. The van der Waals surface area contributed by atoms with Crippen molar-refractivity contribution in [2.45, 2.75) is 65.5 Å². The average Bonchev–Trinajstić information content (AvgIpc) is 2.98. The zero-order valence-corrected chi connectivity index (χ0v) is 14.3. The monoisotopic (exact) mass is 307 g/mol. The second-order valence-corrected chi connectivity index (χ2v) is 7.38. The second-order valence-electron chi connectivity index (χ2n) is 7.38. The summed E-state index contributed by atoms with van der Waals surface area (Å²) in [4.78, 5) is 15.9. The third kappa shape index (κ3) is 5.04. The number of alkyl carbamates (subject to hydrolysis) is 1. The molecule has 1 aliphatic rings. The molecule has 1 fully saturated rings. The molecule has 0 saturated heterocycles. The highest BCUT2D eigenvalue weighted by Crippen LogP contribution is 2.32. The van der Waals surface area contributed by atoms with Gasteiger partial charge in [0, 0.05) is 31.4 Å². The largest absolute Gasteiger partial charge is 0.444 e. The molecule has 1 aromatic heterocycles. The third-order valence-corrected chi connectivity index (χ3v) is 4.32. The van der Waals surface area contributed by atoms with E-state index in [2.05, 4.69) is 21.8 Å². The van der Waals surface area contributed by atoms with Crippen molar-refractivity contribution < 1.29 is 9.53 Å². The number of hydrogen-bond acceptors (Lipinski definition) is 3. The highest BCUT2D eigenvalue weighted by molar-refractivity contribution is 5.67. The van der Waals surface area contributed by atoms with E-state index in [-0.39, 0.29) is 6.09 Å². The molecule has 1 amide bonds. The van der Waals surface area contributed by atoms with Crippen LogP contribution in [0.5, 0.6) is 0 Å². The minimum Gasteiger partial charge on any atom is -0.444 e. The van der Waals surface area contributed by atoms with Crippen molar-refractivity contribution >= 4 is 6.09 Å². The molecule has 2 atom stereocenters. The maximum Gasteiger partial charge on any atom is 0.407 e. The molecule has 0 spiro atoms. The van der Waals surface area contributed by atoms with Gasteiger partial charge in [-0.1, -0.05) is 19.8 Å². The van der Waals surface area contributed by atoms with Gasteiger partial charge >= 0.3 is 6.09 Å². The molecule has 1 aromatic rings. The number of hydrogen-bond donors (Lipinski definition) is 1. The van der Waals surface area contributed by atoms with E-state index in [4.69, 9.17) is 4.74 Å².